The number of pyridine rings is 1. The molecule has 0 bridgehead atoms. The van der Waals surface area contributed by atoms with Gasteiger partial charge < -0.3 is 4.57 Å². The highest BCUT2D eigenvalue weighted by Crippen LogP contribution is 2.32. The Morgan fingerprint density at radius 1 is 1.09 bits per heavy atom. The van der Waals surface area contributed by atoms with E-state index in [2.05, 4.69) is 31.2 Å². The Morgan fingerprint density at radius 2 is 1.74 bits per heavy atom. The molecule has 0 N–H and O–H groups in total. The van der Waals surface area contributed by atoms with Gasteiger partial charge in [0.15, 0.2) is 5.78 Å². The summed E-state index contributed by atoms with van der Waals surface area (Å²) in [6.07, 6.45) is 5.33. The number of carbonyl (C=O) groups is 1. The summed E-state index contributed by atoms with van der Waals surface area (Å²) in [6.45, 7) is 3.59. The first kappa shape index (κ1) is 15.7. The van der Waals surface area contributed by atoms with Crippen molar-refractivity contribution in [3.63, 3.8) is 0 Å². The van der Waals surface area contributed by atoms with E-state index in [1.54, 1.807) is 6.07 Å². The number of nitrogens with zero attached hydrogens (tertiary/aromatic N) is 1. The molecule has 23 heavy (non-hydrogen) atoms. The lowest BCUT2D eigenvalue weighted by Crippen LogP contribution is -2.29. The van der Waals surface area contributed by atoms with E-state index in [4.69, 9.17) is 0 Å². The Kier molecular flexibility index (Phi) is 4.46. The van der Waals surface area contributed by atoms with Crippen molar-refractivity contribution in [3.05, 3.63) is 57.9 Å². The van der Waals surface area contributed by atoms with Gasteiger partial charge in [-0.25, -0.2) is 0 Å². The van der Waals surface area contributed by atoms with Gasteiger partial charge in [-0.2, -0.15) is 0 Å². The van der Waals surface area contributed by atoms with Gasteiger partial charge in [0.05, 0.1) is 11.3 Å². The van der Waals surface area contributed by atoms with Gasteiger partial charge in [0.25, 0.3) is 5.56 Å². The van der Waals surface area contributed by atoms with E-state index in [0.29, 0.717) is 5.56 Å². The fourth-order valence-electron chi connectivity index (χ4n) is 3.49. The molecule has 3 nitrogen and oxygen atoms in total. The monoisotopic (exact) mass is 309 g/mol. The molecule has 1 aliphatic carbocycles. The Hall–Kier alpha value is -2.16. The molecule has 120 valence electrons. The predicted molar refractivity (Wildman–Crippen MR) is 93.0 cm³/mol. The van der Waals surface area contributed by atoms with Crippen LogP contribution in [-0.2, 0) is 6.42 Å². The van der Waals surface area contributed by atoms with E-state index < -0.39 is 0 Å². The molecule has 0 saturated heterocycles. The second-order valence-electron chi connectivity index (χ2n) is 6.35. The van der Waals surface area contributed by atoms with Crippen LogP contribution in [0.25, 0.3) is 11.3 Å². The van der Waals surface area contributed by atoms with Crippen LogP contribution in [0.4, 0.5) is 0 Å². The van der Waals surface area contributed by atoms with Gasteiger partial charge in [-0.1, -0.05) is 44.0 Å². The third-order valence-corrected chi connectivity index (χ3v) is 4.84. The topological polar surface area (TPSA) is 39.1 Å². The fourth-order valence-corrected chi connectivity index (χ4v) is 3.49. The van der Waals surface area contributed by atoms with E-state index in [0.717, 1.165) is 43.4 Å². The van der Waals surface area contributed by atoms with Crippen LogP contribution < -0.4 is 5.56 Å². The van der Waals surface area contributed by atoms with Gasteiger partial charge in [0, 0.05) is 6.04 Å². The molecule has 0 aliphatic heterocycles. The van der Waals surface area contributed by atoms with Gasteiger partial charge in [0.1, 0.15) is 0 Å². The van der Waals surface area contributed by atoms with Gasteiger partial charge >= 0.3 is 0 Å². The summed E-state index contributed by atoms with van der Waals surface area (Å²) in [5.41, 5.74) is 3.41. The largest absolute Gasteiger partial charge is 0.305 e. The van der Waals surface area contributed by atoms with Gasteiger partial charge in [-0.05, 0) is 49.4 Å². The first-order chi connectivity index (χ1) is 11.1. The molecule has 3 rings (SSSR count). The van der Waals surface area contributed by atoms with Crippen LogP contribution >= 0.6 is 0 Å². The number of Topliss-reactive ketones (excluding diaryl/α,β-unsaturated/α-hetero) is 1. The number of ketones is 1. The van der Waals surface area contributed by atoms with Crippen LogP contribution in [0, 0.1) is 0 Å². The van der Waals surface area contributed by atoms with E-state index >= 15 is 0 Å². The number of rotatable bonds is 4. The van der Waals surface area contributed by atoms with Crippen molar-refractivity contribution < 1.29 is 4.79 Å². The fraction of sp³-hybridized carbons (Fsp3) is 0.400. The molecule has 3 heteroatoms. The summed E-state index contributed by atoms with van der Waals surface area (Å²) in [6, 6.07) is 12.2. The van der Waals surface area contributed by atoms with Crippen molar-refractivity contribution in [3.8, 4) is 11.3 Å². The minimum absolute atomic E-state index is 0.138. The minimum Gasteiger partial charge on any atom is -0.305 e. The van der Waals surface area contributed by atoms with Gasteiger partial charge in [-0.15, -0.1) is 0 Å². The summed E-state index contributed by atoms with van der Waals surface area (Å²) in [5.74, 6) is -0.158. The molecule has 1 saturated carbocycles. The molecule has 1 heterocycles. The second kappa shape index (κ2) is 6.53. The van der Waals surface area contributed by atoms with E-state index in [-0.39, 0.29) is 17.4 Å². The summed E-state index contributed by atoms with van der Waals surface area (Å²) in [5, 5.41) is 0. The van der Waals surface area contributed by atoms with Crippen LogP contribution in [0.15, 0.2) is 41.2 Å². The van der Waals surface area contributed by atoms with Crippen molar-refractivity contribution in [2.45, 2.75) is 52.0 Å². The Bertz CT molecular complexity index is 765. The zero-order valence-electron chi connectivity index (χ0n) is 13.8. The SMILES string of the molecule is CCc1ccc(-c2ccc(C(C)=O)c(=O)n2C2CCCC2)cc1. The third kappa shape index (κ3) is 3.00. The molecule has 0 atom stereocenters. The zero-order chi connectivity index (χ0) is 16.4. The number of hydrogen-bond acceptors (Lipinski definition) is 2. The minimum atomic E-state index is -0.158. The van der Waals surface area contributed by atoms with Crippen molar-refractivity contribution in [1.29, 1.82) is 0 Å². The highest BCUT2D eigenvalue weighted by molar-refractivity contribution is 5.94. The summed E-state index contributed by atoms with van der Waals surface area (Å²) < 4.78 is 1.87. The number of carbonyl (C=O) groups excluding carboxylic acids is 1. The molecule has 2 aromatic rings. The van der Waals surface area contributed by atoms with Crippen LogP contribution in [0.3, 0.4) is 0 Å². The smallest absolute Gasteiger partial charge is 0.262 e. The van der Waals surface area contributed by atoms with Crippen LogP contribution in [0.5, 0.6) is 0 Å². The molecular formula is C20H23NO2. The normalized spacial score (nSPS) is 15.0. The Labute approximate surface area is 137 Å². The standard InChI is InChI=1S/C20H23NO2/c1-3-15-8-10-16(11-9-15)19-13-12-18(14(2)22)20(23)21(19)17-6-4-5-7-17/h8-13,17H,3-7H2,1-2H3. The van der Waals surface area contributed by atoms with Crippen LogP contribution in [-0.4, -0.2) is 10.4 Å². The molecule has 0 amide bonds. The van der Waals surface area contributed by atoms with Crippen molar-refractivity contribution in [1.82, 2.24) is 4.57 Å². The Balaban J connectivity index is 2.16. The number of aryl methyl sites for hydroxylation is 1. The summed E-state index contributed by atoms with van der Waals surface area (Å²) in [4.78, 5) is 24.6. The van der Waals surface area contributed by atoms with Crippen LogP contribution in [0.1, 0.15) is 61.5 Å². The maximum Gasteiger partial charge on any atom is 0.262 e. The lowest BCUT2D eigenvalue weighted by atomic mass is 10.0. The lowest BCUT2D eigenvalue weighted by Gasteiger charge is -2.20. The molecule has 0 spiro atoms. The highest BCUT2D eigenvalue weighted by atomic mass is 16.1. The molecule has 0 unspecified atom stereocenters. The predicted octanol–water partition coefficient (Wildman–Crippen LogP) is 4.40. The Morgan fingerprint density at radius 3 is 2.30 bits per heavy atom. The first-order valence-electron chi connectivity index (χ1n) is 8.47. The van der Waals surface area contributed by atoms with Crippen molar-refractivity contribution in [2.75, 3.05) is 0 Å². The molecule has 1 aliphatic rings. The number of hydrogen-bond donors (Lipinski definition) is 0. The van der Waals surface area contributed by atoms with Gasteiger partial charge in [-0.3, -0.25) is 9.59 Å². The quantitative estimate of drug-likeness (QED) is 0.785. The van der Waals surface area contributed by atoms with Gasteiger partial charge in [0.2, 0.25) is 0 Å². The van der Waals surface area contributed by atoms with E-state index in [1.165, 1.54) is 12.5 Å². The van der Waals surface area contributed by atoms with Crippen molar-refractivity contribution in [2.24, 2.45) is 0 Å². The molecule has 0 radical (unpaired) electrons. The number of aromatic nitrogens is 1. The van der Waals surface area contributed by atoms with E-state index in [1.807, 2.05) is 10.6 Å². The maximum absolute atomic E-state index is 12.9. The average molecular weight is 309 g/mol. The van der Waals surface area contributed by atoms with E-state index in [9.17, 15) is 9.59 Å². The zero-order valence-corrected chi connectivity index (χ0v) is 13.8. The molecule has 1 aromatic carbocycles. The molecule has 1 aromatic heterocycles. The maximum atomic E-state index is 12.9. The lowest BCUT2D eigenvalue weighted by molar-refractivity contribution is 0.101. The van der Waals surface area contributed by atoms with Crippen LogP contribution in [0.2, 0.25) is 0 Å². The number of benzene rings is 1. The highest BCUT2D eigenvalue weighted by Gasteiger charge is 2.23. The summed E-state index contributed by atoms with van der Waals surface area (Å²) >= 11 is 0. The van der Waals surface area contributed by atoms with Crippen molar-refractivity contribution >= 4 is 5.78 Å². The molecular weight excluding hydrogens is 286 g/mol. The third-order valence-electron chi connectivity index (χ3n) is 4.84. The second-order valence-corrected chi connectivity index (χ2v) is 6.35. The summed E-state index contributed by atoms with van der Waals surface area (Å²) in [7, 11) is 0. The molecule has 1 fully saturated rings. The average Bonchev–Trinajstić information content (AvgIpc) is 3.08. The first-order valence-corrected chi connectivity index (χ1v) is 8.47.